The topological polar surface area (TPSA) is 78.9 Å². The molecule has 0 aliphatic heterocycles. The zero-order valence-electron chi connectivity index (χ0n) is 9.32. The quantitative estimate of drug-likeness (QED) is 0.664. The second-order valence-corrected chi connectivity index (χ2v) is 3.36. The molecule has 0 rings (SSSR count). The van der Waals surface area contributed by atoms with E-state index >= 15 is 0 Å². The van der Waals surface area contributed by atoms with Crippen LogP contribution in [0.25, 0.3) is 0 Å². The van der Waals surface area contributed by atoms with Crippen molar-refractivity contribution >= 4 is 12.0 Å². The second kappa shape index (κ2) is 7.05. The van der Waals surface area contributed by atoms with Gasteiger partial charge >= 0.3 is 12.0 Å². The summed E-state index contributed by atoms with van der Waals surface area (Å²) < 4.78 is 4.82. The molecular weight excluding hydrogens is 200 g/mol. The Morgan fingerprint density at radius 3 is 2.60 bits per heavy atom. The minimum atomic E-state index is -0.928. The minimum absolute atomic E-state index is 0.0795. The Kier molecular flexibility index (Phi) is 6.44. The van der Waals surface area contributed by atoms with Gasteiger partial charge in [0.05, 0.1) is 13.0 Å². The molecule has 0 aliphatic rings. The number of methoxy groups -OCH3 is 1. The van der Waals surface area contributed by atoms with Crippen LogP contribution < -0.4 is 5.32 Å². The van der Waals surface area contributed by atoms with Gasteiger partial charge in [-0.2, -0.15) is 0 Å². The number of nitrogens with one attached hydrogen (secondary N) is 1. The fraction of sp³-hybridized carbons (Fsp3) is 0.778. The van der Waals surface area contributed by atoms with Crippen LogP contribution in [0.15, 0.2) is 0 Å². The smallest absolute Gasteiger partial charge is 0.317 e. The van der Waals surface area contributed by atoms with E-state index in [4.69, 9.17) is 9.84 Å². The van der Waals surface area contributed by atoms with Crippen LogP contribution in [0.4, 0.5) is 4.79 Å². The van der Waals surface area contributed by atoms with Gasteiger partial charge in [-0.25, -0.2) is 4.79 Å². The number of rotatable bonds is 6. The van der Waals surface area contributed by atoms with E-state index in [0.717, 1.165) is 0 Å². The lowest BCUT2D eigenvalue weighted by Gasteiger charge is -2.20. The van der Waals surface area contributed by atoms with Crippen LogP contribution in [0.2, 0.25) is 0 Å². The van der Waals surface area contributed by atoms with Crippen LogP contribution in [0.5, 0.6) is 0 Å². The van der Waals surface area contributed by atoms with Crippen LogP contribution in [0.3, 0.4) is 0 Å². The molecule has 0 saturated heterocycles. The van der Waals surface area contributed by atoms with Gasteiger partial charge in [0.1, 0.15) is 0 Å². The zero-order valence-corrected chi connectivity index (χ0v) is 9.32. The van der Waals surface area contributed by atoms with Gasteiger partial charge in [0.15, 0.2) is 0 Å². The first-order chi connectivity index (χ1) is 6.97. The number of likely N-dealkylation sites (N-methyl/N-ethyl adjacent to an activating group) is 1. The van der Waals surface area contributed by atoms with E-state index in [1.807, 2.05) is 0 Å². The molecule has 0 aromatic rings. The summed E-state index contributed by atoms with van der Waals surface area (Å²) >= 11 is 0. The SMILES string of the molecule is COCCN(C)C(=O)NC(C)CC(=O)O. The van der Waals surface area contributed by atoms with Gasteiger partial charge in [-0.05, 0) is 6.92 Å². The number of amides is 2. The molecule has 6 nitrogen and oxygen atoms in total. The number of carbonyl (C=O) groups excluding carboxylic acids is 1. The highest BCUT2D eigenvalue weighted by atomic mass is 16.5. The van der Waals surface area contributed by atoms with Gasteiger partial charge in [0.2, 0.25) is 0 Å². The Bertz CT molecular complexity index is 220. The van der Waals surface area contributed by atoms with E-state index < -0.39 is 5.97 Å². The zero-order chi connectivity index (χ0) is 11.8. The molecule has 0 fully saturated rings. The number of ether oxygens (including phenoxy) is 1. The first-order valence-electron chi connectivity index (χ1n) is 4.69. The van der Waals surface area contributed by atoms with Crippen molar-refractivity contribution in [1.29, 1.82) is 0 Å². The third-order valence-corrected chi connectivity index (χ3v) is 1.83. The van der Waals surface area contributed by atoms with Crippen LogP contribution in [0.1, 0.15) is 13.3 Å². The molecule has 0 aromatic carbocycles. The molecular formula is C9H18N2O4. The summed E-state index contributed by atoms with van der Waals surface area (Å²) in [5, 5.41) is 11.1. The van der Waals surface area contributed by atoms with Crippen molar-refractivity contribution in [2.45, 2.75) is 19.4 Å². The first-order valence-corrected chi connectivity index (χ1v) is 4.69. The number of hydrogen-bond acceptors (Lipinski definition) is 3. The highest BCUT2D eigenvalue weighted by Crippen LogP contribution is 1.93. The third kappa shape index (κ3) is 6.73. The Morgan fingerprint density at radius 1 is 1.53 bits per heavy atom. The lowest BCUT2D eigenvalue weighted by Crippen LogP contribution is -2.43. The molecule has 0 bridgehead atoms. The summed E-state index contributed by atoms with van der Waals surface area (Å²) in [6.45, 7) is 2.58. The van der Waals surface area contributed by atoms with Crippen LogP contribution in [0, 0.1) is 0 Å². The number of carboxylic acids is 1. The van der Waals surface area contributed by atoms with Gasteiger partial charge in [0.25, 0.3) is 0 Å². The summed E-state index contributed by atoms with van der Waals surface area (Å²) in [6.07, 6.45) is -0.0795. The third-order valence-electron chi connectivity index (χ3n) is 1.83. The van der Waals surface area contributed by atoms with Crippen molar-refractivity contribution in [2.75, 3.05) is 27.3 Å². The summed E-state index contributed by atoms with van der Waals surface area (Å²) in [6, 6.07) is -0.666. The highest BCUT2D eigenvalue weighted by Gasteiger charge is 2.13. The van der Waals surface area contributed by atoms with Gasteiger partial charge in [-0.3, -0.25) is 4.79 Å². The molecule has 1 atom stereocenters. The Hall–Kier alpha value is -1.30. The number of urea groups is 1. The fourth-order valence-electron chi connectivity index (χ4n) is 0.964. The largest absolute Gasteiger partial charge is 0.481 e. The predicted octanol–water partition coefficient (Wildman–Crippen LogP) is 0.137. The molecule has 1 unspecified atom stereocenters. The van der Waals surface area contributed by atoms with E-state index in [1.165, 1.54) is 4.90 Å². The molecule has 0 radical (unpaired) electrons. The Labute approximate surface area is 89.2 Å². The monoisotopic (exact) mass is 218 g/mol. The van der Waals surface area contributed by atoms with Gasteiger partial charge < -0.3 is 20.1 Å². The molecule has 15 heavy (non-hydrogen) atoms. The summed E-state index contributed by atoms with van der Waals surface area (Å²) in [5.41, 5.74) is 0. The number of hydrogen-bond donors (Lipinski definition) is 2. The number of nitrogens with zero attached hydrogens (tertiary/aromatic N) is 1. The maximum absolute atomic E-state index is 11.4. The van der Waals surface area contributed by atoms with E-state index in [9.17, 15) is 9.59 Å². The first kappa shape index (κ1) is 13.7. The number of carbonyl (C=O) groups is 2. The van der Waals surface area contributed by atoms with Gasteiger partial charge in [-0.15, -0.1) is 0 Å². The molecule has 2 amide bonds. The standard InChI is InChI=1S/C9H18N2O4/c1-7(6-8(12)13)10-9(14)11(2)4-5-15-3/h7H,4-6H2,1-3H3,(H,10,14)(H,12,13). The van der Waals surface area contributed by atoms with Crippen LogP contribution in [-0.4, -0.2) is 55.4 Å². The number of carboxylic acid groups (broad SMARTS) is 1. The van der Waals surface area contributed by atoms with E-state index in [1.54, 1.807) is 21.1 Å². The summed E-state index contributed by atoms with van der Waals surface area (Å²) in [5.74, 6) is -0.928. The predicted molar refractivity (Wildman–Crippen MR) is 54.8 cm³/mol. The van der Waals surface area contributed by atoms with Crippen molar-refractivity contribution in [3.05, 3.63) is 0 Å². The highest BCUT2D eigenvalue weighted by molar-refractivity contribution is 5.75. The lowest BCUT2D eigenvalue weighted by molar-refractivity contribution is -0.137. The van der Waals surface area contributed by atoms with Crippen molar-refractivity contribution in [3.63, 3.8) is 0 Å². The maximum atomic E-state index is 11.4. The van der Waals surface area contributed by atoms with Crippen molar-refractivity contribution in [3.8, 4) is 0 Å². The van der Waals surface area contributed by atoms with Gasteiger partial charge in [-0.1, -0.05) is 0 Å². The Morgan fingerprint density at radius 2 is 2.13 bits per heavy atom. The van der Waals surface area contributed by atoms with Crippen molar-refractivity contribution in [1.82, 2.24) is 10.2 Å². The molecule has 0 heterocycles. The van der Waals surface area contributed by atoms with Gasteiger partial charge in [0, 0.05) is 26.7 Å². The normalized spacial score (nSPS) is 11.9. The Balaban J connectivity index is 3.85. The molecule has 2 N–H and O–H groups in total. The van der Waals surface area contributed by atoms with E-state index in [0.29, 0.717) is 13.2 Å². The van der Waals surface area contributed by atoms with Crippen LogP contribution in [-0.2, 0) is 9.53 Å². The average molecular weight is 218 g/mol. The average Bonchev–Trinajstić information content (AvgIpc) is 2.12. The molecule has 6 heteroatoms. The van der Waals surface area contributed by atoms with E-state index in [-0.39, 0.29) is 18.5 Å². The molecule has 0 aliphatic carbocycles. The minimum Gasteiger partial charge on any atom is -0.481 e. The van der Waals surface area contributed by atoms with E-state index in [2.05, 4.69) is 5.32 Å². The van der Waals surface area contributed by atoms with Crippen molar-refractivity contribution < 1.29 is 19.4 Å². The molecule has 0 saturated carbocycles. The molecule has 88 valence electrons. The summed E-state index contributed by atoms with van der Waals surface area (Å²) in [4.78, 5) is 23.2. The maximum Gasteiger partial charge on any atom is 0.317 e. The molecule has 0 aromatic heterocycles. The fourth-order valence-corrected chi connectivity index (χ4v) is 0.964. The lowest BCUT2D eigenvalue weighted by atomic mass is 10.2. The molecule has 0 spiro atoms. The van der Waals surface area contributed by atoms with Crippen LogP contribution >= 0.6 is 0 Å². The second-order valence-electron chi connectivity index (χ2n) is 3.36. The van der Waals surface area contributed by atoms with Crippen molar-refractivity contribution in [2.24, 2.45) is 0 Å². The summed E-state index contributed by atoms with van der Waals surface area (Å²) in [7, 11) is 3.18. The number of aliphatic carboxylic acids is 1.